The highest BCUT2D eigenvalue weighted by atomic mass is 19.1. The van der Waals surface area contributed by atoms with Crippen LogP contribution in [0.4, 0.5) is 4.39 Å². The largest absolute Gasteiger partial charge is 0.341 e. The minimum Gasteiger partial charge on any atom is -0.341 e. The van der Waals surface area contributed by atoms with Gasteiger partial charge in [0.1, 0.15) is 5.82 Å². The van der Waals surface area contributed by atoms with Crippen LogP contribution >= 0.6 is 0 Å². The quantitative estimate of drug-likeness (QED) is 0.927. The molecule has 1 aromatic rings. The van der Waals surface area contributed by atoms with Crippen LogP contribution in [0.1, 0.15) is 32.3 Å². The molecule has 0 saturated carbocycles. The maximum atomic E-state index is 13.3. The van der Waals surface area contributed by atoms with Crippen molar-refractivity contribution in [3.63, 3.8) is 0 Å². The van der Waals surface area contributed by atoms with E-state index >= 15 is 0 Å². The zero-order valence-corrected chi connectivity index (χ0v) is 12.9. The molecular formula is C17H25FN2O. The lowest BCUT2D eigenvalue weighted by Gasteiger charge is -2.37. The van der Waals surface area contributed by atoms with Crippen LogP contribution < -0.4 is 5.73 Å². The lowest BCUT2D eigenvalue weighted by Crippen LogP contribution is -2.50. The molecule has 116 valence electrons. The fraction of sp³-hybridized carbons (Fsp3) is 0.588. The monoisotopic (exact) mass is 292 g/mol. The van der Waals surface area contributed by atoms with E-state index < -0.39 is 0 Å². The summed E-state index contributed by atoms with van der Waals surface area (Å²) in [4.78, 5) is 14.1. The Morgan fingerprint density at radius 1 is 1.43 bits per heavy atom. The number of benzene rings is 1. The number of carbonyl (C=O) groups is 1. The number of likely N-dealkylation sites (tertiary alicyclic amines) is 1. The summed E-state index contributed by atoms with van der Waals surface area (Å²) < 4.78 is 13.3. The van der Waals surface area contributed by atoms with Crippen LogP contribution in [0.15, 0.2) is 24.3 Å². The number of amides is 1. The summed E-state index contributed by atoms with van der Waals surface area (Å²) in [6.07, 6.45) is 2.23. The maximum absolute atomic E-state index is 13.3. The number of halogens is 1. The summed E-state index contributed by atoms with van der Waals surface area (Å²) >= 11 is 0. The normalized spacial score (nSPS) is 22.6. The van der Waals surface area contributed by atoms with Gasteiger partial charge >= 0.3 is 0 Å². The molecular weight excluding hydrogens is 267 g/mol. The highest BCUT2D eigenvalue weighted by Gasteiger charge is 2.28. The van der Waals surface area contributed by atoms with Gasteiger partial charge in [0.2, 0.25) is 5.91 Å². The van der Waals surface area contributed by atoms with E-state index in [-0.39, 0.29) is 17.8 Å². The van der Waals surface area contributed by atoms with Crippen molar-refractivity contribution in [2.24, 2.45) is 17.6 Å². The summed E-state index contributed by atoms with van der Waals surface area (Å²) in [6, 6.07) is 6.71. The molecule has 0 spiro atoms. The lowest BCUT2D eigenvalue weighted by atomic mass is 9.88. The van der Waals surface area contributed by atoms with E-state index in [4.69, 9.17) is 5.73 Å². The van der Waals surface area contributed by atoms with E-state index in [1.165, 1.54) is 6.07 Å². The summed E-state index contributed by atoms with van der Waals surface area (Å²) in [5, 5.41) is 0. The van der Waals surface area contributed by atoms with Crippen molar-refractivity contribution in [2.45, 2.75) is 39.2 Å². The minimum atomic E-state index is -0.208. The third kappa shape index (κ3) is 4.81. The number of rotatable bonds is 4. The molecule has 1 aliphatic rings. The Balaban J connectivity index is 1.99. The van der Waals surface area contributed by atoms with Crippen molar-refractivity contribution >= 4 is 5.91 Å². The Hall–Kier alpha value is -1.42. The van der Waals surface area contributed by atoms with Crippen LogP contribution in [0, 0.1) is 17.7 Å². The number of hydrogen-bond donors (Lipinski definition) is 1. The molecule has 3 nitrogen and oxygen atoms in total. The molecule has 2 atom stereocenters. The first-order valence-electron chi connectivity index (χ1n) is 7.72. The van der Waals surface area contributed by atoms with E-state index in [0.717, 1.165) is 24.9 Å². The van der Waals surface area contributed by atoms with Crippen molar-refractivity contribution < 1.29 is 9.18 Å². The molecule has 2 rings (SSSR count). The Morgan fingerprint density at radius 3 is 2.86 bits per heavy atom. The highest BCUT2D eigenvalue weighted by Crippen LogP contribution is 2.22. The first-order valence-corrected chi connectivity index (χ1v) is 7.72. The first-order chi connectivity index (χ1) is 9.94. The van der Waals surface area contributed by atoms with Crippen LogP contribution in [-0.2, 0) is 11.2 Å². The summed E-state index contributed by atoms with van der Waals surface area (Å²) in [5.41, 5.74) is 7.08. The standard InChI is InChI=1S/C17H25FN2O/c1-12(2)6-17(21)20-10-14(9-16(19)11-20)7-13-4-3-5-15(18)8-13/h3-5,8,12,14,16H,6-7,9-11,19H2,1-2H3. The van der Waals surface area contributed by atoms with Gasteiger partial charge in [-0.15, -0.1) is 0 Å². The van der Waals surface area contributed by atoms with Gasteiger partial charge < -0.3 is 10.6 Å². The maximum Gasteiger partial charge on any atom is 0.222 e. The number of nitrogens with zero attached hydrogens (tertiary/aromatic N) is 1. The van der Waals surface area contributed by atoms with E-state index in [0.29, 0.717) is 24.8 Å². The highest BCUT2D eigenvalue weighted by molar-refractivity contribution is 5.76. The van der Waals surface area contributed by atoms with Gasteiger partial charge in [0, 0.05) is 25.6 Å². The molecule has 2 unspecified atom stereocenters. The molecule has 1 fully saturated rings. The molecule has 21 heavy (non-hydrogen) atoms. The van der Waals surface area contributed by atoms with Gasteiger partial charge in [-0.3, -0.25) is 4.79 Å². The fourth-order valence-corrected chi connectivity index (χ4v) is 3.07. The number of piperidine rings is 1. The van der Waals surface area contributed by atoms with Crippen LogP contribution in [0.5, 0.6) is 0 Å². The molecule has 0 aromatic heterocycles. The van der Waals surface area contributed by atoms with Crippen molar-refractivity contribution in [3.05, 3.63) is 35.6 Å². The van der Waals surface area contributed by atoms with Gasteiger partial charge in [0.15, 0.2) is 0 Å². The van der Waals surface area contributed by atoms with Crippen molar-refractivity contribution in [1.29, 1.82) is 0 Å². The minimum absolute atomic E-state index is 0.0217. The zero-order chi connectivity index (χ0) is 15.4. The average molecular weight is 292 g/mol. The summed E-state index contributed by atoms with van der Waals surface area (Å²) in [6.45, 7) is 5.47. The van der Waals surface area contributed by atoms with Crippen LogP contribution in [-0.4, -0.2) is 29.9 Å². The molecule has 1 aliphatic heterocycles. The smallest absolute Gasteiger partial charge is 0.222 e. The molecule has 2 N–H and O–H groups in total. The number of nitrogens with two attached hydrogens (primary N) is 1. The molecule has 1 saturated heterocycles. The molecule has 0 bridgehead atoms. The van der Waals surface area contributed by atoms with E-state index in [2.05, 4.69) is 0 Å². The molecule has 0 radical (unpaired) electrons. The van der Waals surface area contributed by atoms with Crippen LogP contribution in [0.2, 0.25) is 0 Å². The van der Waals surface area contributed by atoms with Gasteiger partial charge in [-0.2, -0.15) is 0 Å². The third-order valence-corrected chi connectivity index (χ3v) is 3.92. The van der Waals surface area contributed by atoms with Gasteiger partial charge in [0.05, 0.1) is 0 Å². The second kappa shape index (κ2) is 7.03. The SMILES string of the molecule is CC(C)CC(=O)N1CC(N)CC(Cc2cccc(F)c2)C1. The topological polar surface area (TPSA) is 46.3 Å². The van der Waals surface area contributed by atoms with Crippen molar-refractivity contribution in [1.82, 2.24) is 4.90 Å². The van der Waals surface area contributed by atoms with Gasteiger partial charge in [-0.05, 0) is 42.4 Å². The Kier molecular flexibility index (Phi) is 5.34. The van der Waals surface area contributed by atoms with Gasteiger partial charge in [-0.1, -0.05) is 26.0 Å². The van der Waals surface area contributed by atoms with Crippen molar-refractivity contribution in [3.8, 4) is 0 Å². The zero-order valence-electron chi connectivity index (χ0n) is 12.9. The van der Waals surface area contributed by atoms with E-state index in [1.54, 1.807) is 12.1 Å². The second-order valence-electron chi connectivity index (χ2n) is 6.59. The summed E-state index contributed by atoms with van der Waals surface area (Å²) in [5.74, 6) is 0.647. The third-order valence-electron chi connectivity index (χ3n) is 3.92. The van der Waals surface area contributed by atoms with Gasteiger partial charge in [-0.25, -0.2) is 4.39 Å². The van der Waals surface area contributed by atoms with Crippen LogP contribution in [0.25, 0.3) is 0 Å². The number of carbonyl (C=O) groups excluding carboxylic acids is 1. The Morgan fingerprint density at radius 2 is 2.19 bits per heavy atom. The van der Waals surface area contributed by atoms with E-state index in [9.17, 15) is 9.18 Å². The molecule has 1 aromatic carbocycles. The predicted octanol–water partition coefficient (Wildman–Crippen LogP) is 2.59. The predicted molar refractivity (Wildman–Crippen MR) is 82.2 cm³/mol. The molecule has 0 aliphatic carbocycles. The fourth-order valence-electron chi connectivity index (χ4n) is 3.07. The molecule has 1 heterocycles. The molecule has 4 heteroatoms. The van der Waals surface area contributed by atoms with Crippen LogP contribution in [0.3, 0.4) is 0 Å². The number of hydrogen-bond acceptors (Lipinski definition) is 2. The lowest BCUT2D eigenvalue weighted by molar-refractivity contribution is -0.134. The Bertz CT molecular complexity index is 489. The summed E-state index contributed by atoms with van der Waals surface area (Å²) in [7, 11) is 0. The first kappa shape index (κ1) is 16.0. The average Bonchev–Trinajstić information content (AvgIpc) is 2.37. The second-order valence-corrected chi connectivity index (χ2v) is 6.59. The van der Waals surface area contributed by atoms with E-state index in [1.807, 2.05) is 24.8 Å². The Labute approximate surface area is 126 Å². The molecule has 1 amide bonds. The van der Waals surface area contributed by atoms with Crippen molar-refractivity contribution in [2.75, 3.05) is 13.1 Å². The van der Waals surface area contributed by atoms with Gasteiger partial charge in [0.25, 0.3) is 0 Å².